The first kappa shape index (κ1) is 10.7. The summed E-state index contributed by atoms with van der Waals surface area (Å²) in [6.07, 6.45) is 0. The number of hydrogen-bond acceptors (Lipinski definition) is 3. The van der Waals surface area contributed by atoms with Crippen LogP contribution in [-0.2, 0) is 0 Å². The molecule has 0 aromatic heterocycles. The Morgan fingerprint density at radius 3 is 2.93 bits per heavy atom. The van der Waals surface area contributed by atoms with Gasteiger partial charge in [-0.15, -0.1) is 0 Å². The molecule has 2 N–H and O–H groups in total. The fraction of sp³-hybridized carbons (Fsp3) is 0.455. The number of nitrogens with one attached hydrogen (secondary N) is 2. The van der Waals surface area contributed by atoms with E-state index in [-0.39, 0.29) is 6.04 Å². The molecule has 1 aromatic carbocycles. The molecule has 0 aliphatic carbocycles. The van der Waals surface area contributed by atoms with Crippen LogP contribution in [0.3, 0.4) is 0 Å². The molecule has 1 saturated heterocycles. The van der Waals surface area contributed by atoms with Crippen LogP contribution in [0.15, 0.2) is 18.2 Å². The van der Waals surface area contributed by atoms with Crippen LogP contribution in [-0.4, -0.2) is 26.7 Å². The number of benzene rings is 1. The van der Waals surface area contributed by atoms with Crippen LogP contribution in [0, 0.1) is 0 Å². The molecule has 1 heterocycles. The summed E-state index contributed by atoms with van der Waals surface area (Å²) >= 11 is 5.99. The minimum atomic E-state index is 0.285. The third-order valence-corrected chi connectivity index (χ3v) is 2.84. The molecule has 0 radical (unpaired) electrons. The first-order chi connectivity index (χ1) is 7.31. The lowest BCUT2D eigenvalue weighted by Gasteiger charge is -2.26. The zero-order valence-corrected chi connectivity index (χ0v) is 9.47. The third kappa shape index (κ3) is 2.43. The molecular weight excluding hydrogens is 212 g/mol. The average molecular weight is 227 g/mol. The molecule has 1 atom stereocenters. The lowest BCUT2D eigenvalue weighted by molar-refractivity contribution is 0.382. The monoisotopic (exact) mass is 226 g/mol. The first-order valence-corrected chi connectivity index (χ1v) is 5.46. The number of hydrogen-bond donors (Lipinski definition) is 2. The SMILES string of the molecule is COc1ccc(Cl)cc1C1CNCCN1. The third-order valence-electron chi connectivity index (χ3n) is 2.61. The summed E-state index contributed by atoms with van der Waals surface area (Å²) in [7, 11) is 1.68. The Kier molecular flexibility index (Phi) is 3.46. The lowest BCUT2D eigenvalue weighted by Crippen LogP contribution is -2.42. The number of piperazine rings is 1. The molecule has 1 aliphatic heterocycles. The second-order valence-corrected chi connectivity index (χ2v) is 4.03. The normalized spacial score (nSPS) is 21.3. The van der Waals surface area contributed by atoms with Crippen molar-refractivity contribution in [1.29, 1.82) is 0 Å². The summed E-state index contributed by atoms with van der Waals surface area (Å²) in [5.74, 6) is 0.889. The van der Waals surface area contributed by atoms with E-state index < -0.39 is 0 Å². The van der Waals surface area contributed by atoms with Crippen LogP contribution < -0.4 is 15.4 Å². The van der Waals surface area contributed by atoms with E-state index >= 15 is 0 Å². The Bertz CT molecular complexity index is 337. The summed E-state index contributed by atoms with van der Waals surface area (Å²) < 4.78 is 5.33. The minimum Gasteiger partial charge on any atom is -0.496 e. The second-order valence-electron chi connectivity index (χ2n) is 3.60. The molecule has 1 unspecified atom stereocenters. The van der Waals surface area contributed by atoms with Crippen LogP contribution in [0.25, 0.3) is 0 Å². The molecule has 1 fully saturated rings. The fourth-order valence-corrected chi connectivity index (χ4v) is 2.03. The van der Waals surface area contributed by atoms with Crippen molar-refractivity contribution in [2.45, 2.75) is 6.04 Å². The van der Waals surface area contributed by atoms with Crippen molar-refractivity contribution in [3.63, 3.8) is 0 Å². The van der Waals surface area contributed by atoms with E-state index in [2.05, 4.69) is 10.6 Å². The van der Waals surface area contributed by atoms with Crippen molar-refractivity contribution in [1.82, 2.24) is 10.6 Å². The number of ether oxygens (including phenoxy) is 1. The molecular formula is C11H15ClN2O. The van der Waals surface area contributed by atoms with Gasteiger partial charge in [-0.25, -0.2) is 0 Å². The van der Waals surface area contributed by atoms with Crippen molar-refractivity contribution in [3.8, 4) is 5.75 Å². The van der Waals surface area contributed by atoms with Crippen molar-refractivity contribution in [2.24, 2.45) is 0 Å². The van der Waals surface area contributed by atoms with E-state index in [1.54, 1.807) is 7.11 Å². The van der Waals surface area contributed by atoms with E-state index in [0.717, 1.165) is 36.0 Å². The maximum absolute atomic E-state index is 5.99. The van der Waals surface area contributed by atoms with Gasteiger partial charge in [-0.05, 0) is 18.2 Å². The van der Waals surface area contributed by atoms with Gasteiger partial charge in [0, 0.05) is 36.3 Å². The van der Waals surface area contributed by atoms with Crippen LogP contribution in [0.4, 0.5) is 0 Å². The van der Waals surface area contributed by atoms with Gasteiger partial charge in [0.2, 0.25) is 0 Å². The molecule has 0 bridgehead atoms. The van der Waals surface area contributed by atoms with Gasteiger partial charge in [0.15, 0.2) is 0 Å². The highest BCUT2D eigenvalue weighted by Gasteiger charge is 2.18. The molecule has 15 heavy (non-hydrogen) atoms. The number of methoxy groups -OCH3 is 1. The molecule has 0 spiro atoms. The van der Waals surface area contributed by atoms with Crippen molar-refractivity contribution in [2.75, 3.05) is 26.7 Å². The fourth-order valence-electron chi connectivity index (χ4n) is 1.85. The van der Waals surface area contributed by atoms with Gasteiger partial charge in [0.05, 0.1) is 7.11 Å². The van der Waals surface area contributed by atoms with Gasteiger partial charge < -0.3 is 15.4 Å². The minimum absolute atomic E-state index is 0.285. The van der Waals surface area contributed by atoms with E-state index in [9.17, 15) is 0 Å². The van der Waals surface area contributed by atoms with Crippen molar-refractivity contribution >= 4 is 11.6 Å². The molecule has 1 aromatic rings. The molecule has 82 valence electrons. The van der Waals surface area contributed by atoms with Crippen LogP contribution in [0.5, 0.6) is 5.75 Å². The van der Waals surface area contributed by atoms with Gasteiger partial charge in [-0.3, -0.25) is 0 Å². The Hall–Kier alpha value is -0.770. The zero-order valence-electron chi connectivity index (χ0n) is 8.72. The molecule has 1 aliphatic rings. The van der Waals surface area contributed by atoms with Crippen molar-refractivity contribution < 1.29 is 4.74 Å². The van der Waals surface area contributed by atoms with E-state index in [1.165, 1.54) is 0 Å². The highest BCUT2D eigenvalue weighted by atomic mass is 35.5. The lowest BCUT2D eigenvalue weighted by atomic mass is 10.0. The Morgan fingerprint density at radius 2 is 2.27 bits per heavy atom. The van der Waals surface area contributed by atoms with Crippen LogP contribution in [0.2, 0.25) is 5.02 Å². The summed E-state index contributed by atoms with van der Waals surface area (Å²) in [6.45, 7) is 2.90. The van der Waals surface area contributed by atoms with Crippen LogP contribution >= 0.6 is 11.6 Å². The number of rotatable bonds is 2. The standard InChI is InChI=1S/C11H15ClN2O/c1-15-11-3-2-8(12)6-9(11)10-7-13-4-5-14-10/h2-3,6,10,13-14H,4-5,7H2,1H3. The average Bonchev–Trinajstić information content (AvgIpc) is 2.30. The predicted molar refractivity (Wildman–Crippen MR) is 61.6 cm³/mol. The summed E-state index contributed by atoms with van der Waals surface area (Å²) in [5.41, 5.74) is 1.12. The van der Waals surface area contributed by atoms with Gasteiger partial charge in [-0.2, -0.15) is 0 Å². The maximum Gasteiger partial charge on any atom is 0.123 e. The van der Waals surface area contributed by atoms with Gasteiger partial charge in [0.25, 0.3) is 0 Å². The second kappa shape index (κ2) is 4.84. The Morgan fingerprint density at radius 1 is 1.40 bits per heavy atom. The Labute approximate surface area is 94.8 Å². The van der Waals surface area contributed by atoms with E-state index in [4.69, 9.17) is 16.3 Å². The quantitative estimate of drug-likeness (QED) is 0.804. The predicted octanol–water partition coefficient (Wildman–Crippen LogP) is 1.58. The molecule has 4 heteroatoms. The summed E-state index contributed by atoms with van der Waals surface area (Å²) in [5, 5.41) is 7.53. The van der Waals surface area contributed by atoms with Gasteiger partial charge in [0.1, 0.15) is 5.75 Å². The van der Waals surface area contributed by atoms with Crippen molar-refractivity contribution in [3.05, 3.63) is 28.8 Å². The highest BCUT2D eigenvalue weighted by molar-refractivity contribution is 6.30. The molecule has 3 nitrogen and oxygen atoms in total. The summed E-state index contributed by atoms with van der Waals surface area (Å²) in [6, 6.07) is 6.01. The molecule has 0 saturated carbocycles. The molecule has 0 amide bonds. The maximum atomic E-state index is 5.99. The smallest absolute Gasteiger partial charge is 0.123 e. The van der Waals surface area contributed by atoms with E-state index in [1.807, 2.05) is 18.2 Å². The zero-order chi connectivity index (χ0) is 10.7. The largest absolute Gasteiger partial charge is 0.496 e. The van der Waals surface area contributed by atoms with Gasteiger partial charge in [-0.1, -0.05) is 11.6 Å². The first-order valence-electron chi connectivity index (χ1n) is 5.09. The summed E-state index contributed by atoms with van der Waals surface area (Å²) in [4.78, 5) is 0. The molecule has 2 rings (SSSR count). The van der Waals surface area contributed by atoms with Gasteiger partial charge >= 0.3 is 0 Å². The topological polar surface area (TPSA) is 33.3 Å². The van der Waals surface area contributed by atoms with E-state index in [0.29, 0.717) is 0 Å². The van der Waals surface area contributed by atoms with Crippen LogP contribution in [0.1, 0.15) is 11.6 Å². The highest BCUT2D eigenvalue weighted by Crippen LogP contribution is 2.28. The number of halogens is 1. The Balaban J connectivity index is 2.27.